The normalized spacial score (nSPS) is 13.2. The molecule has 5 nitrogen and oxygen atoms in total. The first kappa shape index (κ1) is 10.0. The van der Waals surface area contributed by atoms with Crippen LogP contribution in [0.25, 0.3) is 5.65 Å². The highest BCUT2D eigenvalue weighted by Crippen LogP contribution is 2.05. The lowest BCUT2D eigenvalue weighted by Crippen LogP contribution is -2.23. The monoisotopic (exact) mass is 205 g/mol. The Morgan fingerprint density at radius 2 is 2.33 bits per heavy atom. The van der Waals surface area contributed by atoms with E-state index in [0.29, 0.717) is 0 Å². The van der Waals surface area contributed by atoms with Gasteiger partial charge >= 0.3 is 0 Å². The van der Waals surface area contributed by atoms with Gasteiger partial charge < -0.3 is 5.73 Å². The maximum Gasteiger partial charge on any atom is 0.177 e. The largest absolute Gasteiger partial charge is 0.327 e. The van der Waals surface area contributed by atoms with E-state index in [9.17, 15) is 0 Å². The first-order chi connectivity index (χ1) is 7.31. The minimum Gasteiger partial charge on any atom is -0.327 e. The molecule has 2 aromatic heterocycles. The summed E-state index contributed by atoms with van der Waals surface area (Å²) in [5, 5.41) is 12.3. The molecule has 1 unspecified atom stereocenters. The molecule has 0 aliphatic heterocycles. The van der Waals surface area contributed by atoms with Crippen molar-refractivity contribution in [3.63, 3.8) is 0 Å². The fraction of sp³-hybridized carbons (Fsp3) is 0.500. The van der Waals surface area contributed by atoms with Crippen molar-refractivity contribution in [3.05, 3.63) is 24.2 Å². The Balaban J connectivity index is 2.21. The molecule has 15 heavy (non-hydrogen) atoms. The highest BCUT2D eigenvalue weighted by atomic mass is 15.4. The van der Waals surface area contributed by atoms with Crippen molar-refractivity contribution in [2.45, 2.75) is 32.2 Å². The van der Waals surface area contributed by atoms with E-state index in [4.69, 9.17) is 5.73 Å². The molecule has 0 aliphatic carbocycles. The van der Waals surface area contributed by atoms with E-state index >= 15 is 0 Å². The molecule has 1 atom stereocenters. The maximum atomic E-state index is 5.96. The van der Waals surface area contributed by atoms with Crippen molar-refractivity contribution >= 4 is 5.65 Å². The third-order valence-electron chi connectivity index (χ3n) is 2.35. The number of aromatic nitrogens is 4. The van der Waals surface area contributed by atoms with Crippen LogP contribution in [-0.2, 0) is 6.42 Å². The van der Waals surface area contributed by atoms with Crippen molar-refractivity contribution in [2.75, 3.05) is 0 Å². The summed E-state index contributed by atoms with van der Waals surface area (Å²) in [6.07, 6.45) is 4.55. The maximum absolute atomic E-state index is 5.96. The zero-order valence-corrected chi connectivity index (χ0v) is 8.80. The molecule has 0 fully saturated rings. The second-order valence-electron chi connectivity index (χ2n) is 3.66. The molecule has 0 radical (unpaired) electrons. The molecule has 0 amide bonds. The first-order valence-electron chi connectivity index (χ1n) is 5.22. The van der Waals surface area contributed by atoms with E-state index < -0.39 is 0 Å². The third kappa shape index (κ3) is 2.12. The summed E-state index contributed by atoms with van der Waals surface area (Å²) in [6, 6.07) is 3.87. The lowest BCUT2D eigenvalue weighted by molar-refractivity contribution is 0.576. The predicted octanol–water partition coefficient (Wildman–Crippen LogP) is 0.794. The average molecular weight is 205 g/mol. The van der Waals surface area contributed by atoms with Gasteiger partial charge in [-0.05, 0) is 18.6 Å². The van der Waals surface area contributed by atoms with Gasteiger partial charge in [-0.1, -0.05) is 13.3 Å². The number of hydrogen-bond donors (Lipinski definition) is 1. The zero-order chi connectivity index (χ0) is 10.7. The quantitative estimate of drug-likeness (QED) is 0.801. The van der Waals surface area contributed by atoms with E-state index in [1.165, 1.54) is 0 Å². The molecular formula is C10H15N5. The smallest absolute Gasteiger partial charge is 0.177 e. The van der Waals surface area contributed by atoms with Crippen LogP contribution in [-0.4, -0.2) is 25.9 Å². The van der Waals surface area contributed by atoms with Crippen LogP contribution in [0.2, 0.25) is 0 Å². The van der Waals surface area contributed by atoms with Crippen molar-refractivity contribution in [3.8, 4) is 0 Å². The van der Waals surface area contributed by atoms with Crippen LogP contribution in [0.15, 0.2) is 18.3 Å². The summed E-state index contributed by atoms with van der Waals surface area (Å²) in [5.74, 6) is 0.839. The van der Waals surface area contributed by atoms with Crippen LogP contribution in [0.4, 0.5) is 0 Å². The zero-order valence-electron chi connectivity index (χ0n) is 8.80. The van der Waals surface area contributed by atoms with Crippen LogP contribution >= 0.6 is 0 Å². The van der Waals surface area contributed by atoms with Gasteiger partial charge in [0.2, 0.25) is 0 Å². The van der Waals surface area contributed by atoms with Crippen LogP contribution in [0.5, 0.6) is 0 Å². The predicted molar refractivity (Wildman–Crippen MR) is 57.4 cm³/mol. The summed E-state index contributed by atoms with van der Waals surface area (Å²) in [7, 11) is 0. The van der Waals surface area contributed by atoms with Crippen LogP contribution in [0.1, 0.15) is 25.6 Å². The van der Waals surface area contributed by atoms with Crippen LogP contribution in [0.3, 0.4) is 0 Å². The number of rotatable bonds is 4. The lowest BCUT2D eigenvalue weighted by Gasteiger charge is -2.07. The van der Waals surface area contributed by atoms with Crippen molar-refractivity contribution < 1.29 is 0 Å². The van der Waals surface area contributed by atoms with E-state index in [1.807, 2.05) is 12.1 Å². The van der Waals surface area contributed by atoms with Gasteiger partial charge in [-0.25, -0.2) is 0 Å². The van der Waals surface area contributed by atoms with Gasteiger partial charge in [0.15, 0.2) is 11.5 Å². The number of hydrogen-bond acceptors (Lipinski definition) is 4. The number of nitrogens with two attached hydrogens (primary N) is 1. The fourth-order valence-corrected chi connectivity index (χ4v) is 1.62. The van der Waals surface area contributed by atoms with E-state index in [-0.39, 0.29) is 6.04 Å². The Labute approximate surface area is 88.3 Å². The Kier molecular flexibility index (Phi) is 2.91. The minimum atomic E-state index is 0.143. The Morgan fingerprint density at radius 1 is 1.47 bits per heavy atom. The van der Waals surface area contributed by atoms with Gasteiger partial charge in [0.05, 0.1) is 0 Å². The first-order valence-corrected chi connectivity index (χ1v) is 5.22. The Morgan fingerprint density at radius 3 is 3.13 bits per heavy atom. The van der Waals surface area contributed by atoms with Gasteiger partial charge in [-0.15, -0.1) is 10.2 Å². The van der Waals surface area contributed by atoms with E-state index in [0.717, 1.165) is 30.7 Å². The fourth-order valence-electron chi connectivity index (χ4n) is 1.62. The average Bonchev–Trinajstić information content (AvgIpc) is 2.62. The minimum absolute atomic E-state index is 0.143. The molecule has 2 N–H and O–H groups in total. The second kappa shape index (κ2) is 4.35. The van der Waals surface area contributed by atoms with E-state index in [1.54, 1.807) is 10.7 Å². The molecule has 0 aliphatic rings. The molecule has 80 valence electrons. The third-order valence-corrected chi connectivity index (χ3v) is 2.35. The topological polar surface area (TPSA) is 69.1 Å². The SMILES string of the molecule is CCCC(N)Cc1nnc2cccnn12. The molecule has 0 saturated heterocycles. The lowest BCUT2D eigenvalue weighted by atomic mass is 10.1. The van der Waals surface area contributed by atoms with Crippen molar-refractivity contribution in [1.82, 2.24) is 19.8 Å². The van der Waals surface area contributed by atoms with Gasteiger partial charge in [-0.3, -0.25) is 0 Å². The summed E-state index contributed by atoms with van der Waals surface area (Å²) in [4.78, 5) is 0. The highest BCUT2D eigenvalue weighted by molar-refractivity contribution is 5.34. The molecule has 2 rings (SSSR count). The van der Waals surface area contributed by atoms with Gasteiger partial charge in [0, 0.05) is 18.7 Å². The molecule has 0 aromatic carbocycles. The Bertz CT molecular complexity index is 436. The van der Waals surface area contributed by atoms with Crippen molar-refractivity contribution in [2.24, 2.45) is 5.73 Å². The molecular weight excluding hydrogens is 190 g/mol. The Hall–Kier alpha value is -1.49. The summed E-state index contributed by atoms with van der Waals surface area (Å²) >= 11 is 0. The second-order valence-corrected chi connectivity index (χ2v) is 3.66. The van der Waals surface area contributed by atoms with Gasteiger partial charge in [-0.2, -0.15) is 9.61 Å². The number of fused-ring (bicyclic) bond motifs is 1. The molecule has 0 bridgehead atoms. The van der Waals surface area contributed by atoms with Gasteiger partial charge in [0.1, 0.15) is 0 Å². The molecule has 2 heterocycles. The summed E-state index contributed by atoms with van der Waals surface area (Å²) in [6.45, 7) is 2.13. The highest BCUT2D eigenvalue weighted by Gasteiger charge is 2.09. The molecule has 2 aromatic rings. The summed E-state index contributed by atoms with van der Waals surface area (Å²) < 4.78 is 1.75. The van der Waals surface area contributed by atoms with Crippen LogP contribution in [0, 0.1) is 0 Å². The van der Waals surface area contributed by atoms with Crippen molar-refractivity contribution in [1.29, 1.82) is 0 Å². The summed E-state index contributed by atoms with van der Waals surface area (Å²) in [5.41, 5.74) is 6.73. The van der Waals surface area contributed by atoms with E-state index in [2.05, 4.69) is 22.2 Å². The van der Waals surface area contributed by atoms with Gasteiger partial charge in [0.25, 0.3) is 0 Å². The molecule has 0 spiro atoms. The standard InChI is InChI=1S/C10H15N5/c1-2-4-8(11)7-10-14-13-9-5-3-6-12-15(9)10/h3,5-6,8H,2,4,7,11H2,1H3. The van der Waals surface area contributed by atoms with Crippen LogP contribution < -0.4 is 5.73 Å². The number of nitrogens with zero attached hydrogens (tertiary/aromatic N) is 4. The molecule has 0 saturated carbocycles. The molecule has 5 heteroatoms.